The van der Waals surface area contributed by atoms with Gasteiger partial charge in [0.2, 0.25) is 0 Å². The Morgan fingerprint density at radius 3 is 2.83 bits per heavy atom. The maximum absolute atomic E-state index is 13.5. The van der Waals surface area contributed by atoms with Crippen LogP contribution < -0.4 is 0 Å². The van der Waals surface area contributed by atoms with Crippen molar-refractivity contribution in [3.05, 3.63) is 34.6 Å². The summed E-state index contributed by atoms with van der Waals surface area (Å²) < 4.78 is 18.9. The van der Waals surface area contributed by atoms with Crippen molar-refractivity contribution >= 4 is 17.6 Å². The highest BCUT2D eigenvalue weighted by molar-refractivity contribution is 6.30. The first-order valence-corrected chi connectivity index (χ1v) is 6.62. The lowest BCUT2D eigenvalue weighted by Gasteiger charge is -2.28. The summed E-state index contributed by atoms with van der Waals surface area (Å²) in [5.41, 5.74) is -0.0831. The molecule has 0 saturated heterocycles. The van der Waals surface area contributed by atoms with Crippen LogP contribution in [-0.2, 0) is 4.74 Å². The summed E-state index contributed by atoms with van der Waals surface area (Å²) in [5, 5.41) is 0.333. The summed E-state index contributed by atoms with van der Waals surface area (Å²) >= 11 is 5.76. The first-order chi connectivity index (χ1) is 8.58. The number of hydrogen-bond acceptors (Lipinski definition) is 2. The second-order valence-electron chi connectivity index (χ2n) is 4.83. The molecule has 0 radical (unpaired) electrons. The molecule has 0 spiro atoms. The van der Waals surface area contributed by atoms with Gasteiger partial charge in [-0.1, -0.05) is 24.9 Å². The zero-order valence-electron chi connectivity index (χ0n) is 10.3. The van der Waals surface area contributed by atoms with E-state index in [1.807, 2.05) is 0 Å². The van der Waals surface area contributed by atoms with Gasteiger partial charge in [-0.25, -0.2) is 9.18 Å². The van der Waals surface area contributed by atoms with Crippen molar-refractivity contribution in [1.82, 2.24) is 0 Å². The Labute approximate surface area is 111 Å². The van der Waals surface area contributed by atoms with Crippen molar-refractivity contribution in [2.45, 2.75) is 38.7 Å². The van der Waals surface area contributed by atoms with E-state index in [-0.39, 0.29) is 11.7 Å². The van der Waals surface area contributed by atoms with E-state index in [0.717, 1.165) is 19.3 Å². The fraction of sp³-hybridized carbons (Fsp3) is 0.500. The molecule has 98 valence electrons. The molecule has 0 aliphatic heterocycles. The quantitative estimate of drug-likeness (QED) is 0.753. The van der Waals surface area contributed by atoms with E-state index in [2.05, 4.69) is 6.92 Å². The average Bonchev–Trinajstić information content (AvgIpc) is 2.35. The Kier molecular flexibility index (Phi) is 4.23. The summed E-state index contributed by atoms with van der Waals surface area (Å²) in [5.74, 6) is -0.869. The van der Waals surface area contributed by atoms with Gasteiger partial charge in [0, 0.05) is 5.02 Å². The van der Waals surface area contributed by atoms with E-state index in [1.165, 1.54) is 24.6 Å². The molecule has 0 aromatic heterocycles. The highest BCUT2D eigenvalue weighted by Crippen LogP contribution is 2.27. The summed E-state index contributed by atoms with van der Waals surface area (Å²) in [4.78, 5) is 11.9. The van der Waals surface area contributed by atoms with Crippen molar-refractivity contribution < 1.29 is 13.9 Å². The van der Waals surface area contributed by atoms with Crippen LogP contribution >= 0.6 is 11.6 Å². The smallest absolute Gasteiger partial charge is 0.341 e. The molecule has 2 unspecified atom stereocenters. The number of rotatable bonds is 2. The topological polar surface area (TPSA) is 26.3 Å². The van der Waals surface area contributed by atoms with Gasteiger partial charge in [-0.2, -0.15) is 0 Å². The van der Waals surface area contributed by atoms with Gasteiger partial charge in [0.15, 0.2) is 0 Å². The lowest BCUT2D eigenvalue weighted by atomic mass is 9.88. The standard InChI is InChI=1S/C14H16ClFO2/c1-9-4-2-3-5-13(9)18-14(17)11-8-10(15)6-7-12(11)16/h6-9,13H,2-5H2,1H3. The number of benzene rings is 1. The van der Waals surface area contributed by atoms with Gasteiger partial charge in [0.1, 0.15) is 11.9 Å². The van der Waals surface area contributed by atoms with E-state index in [1.54, 1.807) is 0 Å². The van der Waals surface area contributed by atoms with Crippen LogP contribution in [0, 0.1) is 11.7 Å². The molecule has 0 amide bonds. The Morgan fingerprint density at radius 1 is 1.39 bits per heavy atom. The van der Waals surface area contributed by atoms with E-state index in [4.69, 9.17) is 16.3 Å². The van der Waals surface area contributed by atoms with Crippen LogP contribution in [0.4, 0.5) is 4.39 Å². The molecule has 2 atom stereocenters. The van der Waals surface area contributed by atoms with E-state index >= 15 is 0 Å². The molecule has 1 aliphatic carbocycles. The lowest BCUT2D eigenvalue weighted by Crippen LogP contribution is -2.28. The minimum absolute atomic E-state index is 0.0831. The van der Waals surface area contributed by atoms with Crippen molar-refractivity contribution in [1.29, 1.82) is 0 Å². The van der Waals surface area contributed by atoms with Crippen molar-refractivity contribution in [2.75, 3.05) is 0 Å². The lowest BCUT2D eigenvalue weighted by molar-refractivity contribution is 0.00437. The van der Waals surface area contributed by atoms with E-state index in [9.17, 15) is 9.18 Å². The van der Waals surface area contributed by atoms with Crippen molar-refractivity contribution in [3.63, 3.8) is 0 Å². The second-order valence-corrected chi connectivity index (χ2v) is 5.27. The third-order valence-electron chi connectivity index (χ3n) is 3.44. The minimum atomic E-state index is -0.617. The predicted molar refractivity (Wildman–Crippen MR) is 68.2 cm³/mol. The maximum atomic E-state index is 13.5. The molecule has 1 aliphatic rings. The molecule has 0 heterocycles. The summed E-state index contributed by atoms with van der Waals surface area (Å²) in [7, 11) is 0. The van der Waals surface area contributed by atoms with Gasteiger partial charge in [-0.3, -0.25) is 0 Å². The zero-order chi connectivity index (χ0) is 13.1. The maximum Gasteiger partial charge on any atom is 0.341 e. The number of hydrogen-bond donors (Lipinski definition) is 0. The molecule has 1 saturated carbocycles. The first kappa shape index (κ1) is 13.3. The van der Waals surface area contributed by atoms with Crippen LogP contribution in [0.3, 0.4) is 0 Å². The molecule has 18 heavy (non-hydrogen) atoms. The summed E-state index contributed by atoms with van der Waals surface area (Å²) in [6, 6.07) is 3.91. The third kappa shape index (κ3) is 3.02. The molecule has 0 N–H and O–H groups in total. The first-order valence-electron chi connectivity index (χ1n) is 6.24. The van der Waals surface area contributed by atoms with Gasteiger partial charge < -0.3 is 4.74 Å². The number of ether oxygens (including phenoxy) is 1. The van der Waals surface area contributed by atoms with Crippen LogP contribution in [0.2, 0.25) is 5.02 Å². The largest absolute Gasteiger partial charge is 0.458 e. The van der Waals surface area contributed by atoms with Gasteiger partial charge in [-0.15, -0.1) is 0 Å². The minimum Gasteiger partial charge on any atom is -0.458 e. The average molecular weight is 271 g/mol. The number of carbonyl (C=O) groups is 1. The van der Waals surface area contributed by atoms with Crippen molar-refractivity contribution in [3.8, 4) is 0 Å². The number of carbonyl (C=O) groups excluding carboxylic acids is 1. The van der Waals surface area contributed by atoms with Gasteiger partial charge in [-0.05, 0) is 43.4 Å². The zero-order valence-corrected chi connectivity index (χ0v) is 11.0. The SMILES string of the molecule is CC1CCCCC1OC(=O)c1cc(Cl)ccc1F. The molecule has 1 aromatic carbocycles. The van der Waals surface area contributed by atoms with Crippen LogP contribution in [0.15, 0.2) is 18.2 Å². The van der Waals surface area contributed by atoms with Crippen LogP contribution in [-0.4, -0.2) is 12.1 Å². The third-order valence-corrected chi connectivity index (χ3v) is 3.67. The van der Waals surface area contributed by atoms with Crippen molar-refractivity contribution in [2.24, 2.45) is 5.92 Å². The van der Waals surface area contributed by atoms with Crippen LogP contribution in [0.1, 0.15) is 43.0 Å². The highest BCUT2D eigenvalue weighted by Gasteiger charge is 2.26. The van der Waals surface area contributed by atoms with E-state index in [0.29, 0.717) is 10.9 Å². The molecule has 1 aromatic rings. The Morgan fingerprint density at radius 2 is 2.11 bits per heavy atom. The molecular weight excluding hydrogens is 255 g/mol. The van der Waals surface area contributed by atoms with Gasteiger partial charge in [0.25, 0.3) is 0 Å². The fourth-order valence-electron chi connectivity index (χ4n) is 2.31. The molecular formula is C14H16ClFO2. The fourth-order valence-corrected chi connectivity index (χ4v) is 2.48. The molecule has 4 heteroatoms. The van der Waals surface area contributed by atoms with Gasteiger partial charge in [0.05, 0.1) is 5.56 Å². The summed E-state index contributed by atoms with van der Waals surface area (Å²) in [6.45, 7) is 2.06. The number of halogens is 2. The summed E-state index contributed by atoms with van der Waals surface area (Å²) in [6.07, 6.45) is 4.02. The predicted octanol–water partition coefficient (Wildman–Crippen LogP) is 4.21. The van der Waals surface area contributed by atoms with E-state index < -0.39 is 11.8 Å². The Hall–Kier alpha value is -1.09. The highest BCUT2D eigenvalue weighted by atomic mass is 35.5. The molecule has 1 fully saturated rings. The number of esters is 1. The molecule has 2 rings (SSSR count). The Bertz CT molecular complexity index is 447. The molecule has 0 bridgehead atoms. The Balaban J connectivity index is 2.09. The van der Waals surface area contributed by atoms with Crippen LogP contribution in [0.25, 0.3) is 0 Å². The molecule has 2 nitrogen and oxygen atoms in total. The normalized spacial score (nSPS) is 23.7. The van der Waals surface area contributed by atoms with Crippen LogP contribution in [0.5, 0.6) is 0 Å². The second kappa shape index (κ2) is 5.70. The van der Waals surface area contributed by atoms with Gasteiger partial charge >= 0.3 is 5.97 Å². The monoisotopic (exact) mass is 270 g/mol.